The van der Waals surface area contributed by atoms with E-state index < -0.39 is 0 Å². The number of hydrogen-bond donors (Lipinski definition) is 2. The van der Waals surface area contributed by atoms with Crippen molar-refractivity contribution in [3.63, 3.8) is 0 Å². The van der Waals surface area contributed by atoms with E-state index in [9.17, 15) is 9.59 Å². The molecule has 0 spiro atoms. The van der Waals surface area contributed by atoms with E-state index in [2.05, 4.69) is 10.3 Å². The van der Waals surface area contributed by atoms with Crippen molar-refractivity contribution in [1.29, 1.82) is 0 Å². The molecule has 0 radical (unpaired) electrons. The summed E-state index contributed by atoms with van der Waals surface area (Å²) in [6.45, 7) is 2.67. The fraction of sp³-hybridized carbons (Fsp3) is 0.400. The van der Waals surface area contributed by atoms with E-state index >= 15 is 0 Å². The maximum Gasteiger partial charge on any atom is 0.310 e. The summed E-state index contributed by atoms with van der Waals surface area (Å²) in [5.74, 6) is -0.603. The Balaban J connectivity index is 1.87. The lowest BCUT2D eigenvalue weighted by atomic mass is 9.71. The molecular formula is C20H22N2O3. The molecule has 1 aliphatic carbocycles. The van der Waals surface area contributed by atoms with Crippen molar-refractivity contribution >= 4 is 22.7 Å². The minimum Gasteiger partial charge on any atom is -0.469 e. The molecule has 5 heteroatoms. The second kappa shape index (κ2) is 6.15. The number of ether oxygens (including phenoxy) is 1. The number of fused-ring (bicyclic) bond motifs is 5. The molecule has 2 aromatic rings. The fourth-order valence-corrected chi connectivity index (χ4v) is 4.43. The number of para-hydroxylation sites is 1. The van der Waals surface area contributed by atoms with E-state index in [1.807, 2.05) is 37.3 Å². The molecule has 5 nitrogen and oxygen atoms in total. The van der Waals surface area contributed by atoms with Gasteiger partial charge >= 0.3 is 5.97 Å². The minimum absolute atomic E-state index is 0.0350. The minimum atomic E-state index is -0.337. The molecule has 3 unspecified atom stereocenters. The highest BCUT2D eigenvalue weighted by Crippen LogP contribution is 2.38. The Morgan fingerprint density at radius 3 is 2.84 bits per heavy atom. The third-order valence-electron chi connectivity index (χ3n) is 5.68. The van der Waals surface area contributed by atoms with Crippen LogP contribution < -0.4 is 5.32 Å². The van der Waals surface area contributed by atoms with Crippen LogP contribution in [-0.4, -0.2) is 36.4 Å². The van der Waals surface area contributed by atoms with E-state index in [1.165, 1.54) is 7.11 Å². The maximum atomic E-state index is 13.0. The summed E-state index contributed by atoms with van der Waals surface area (Å²) in [6, 6.07) is 7.92. The molecule has 130 valence electrons. The molecule has 2 heterocycles. The van der Waals surface area contributed by atoms with Crippen LogP contribution >= 0.6 is 0 Å². The Kier molecular flexibility index (Phi) is 3.96. The molecule has 3 atom stereocenters. The van der Waals surface area contributed by atoms with E-state index in [4.69, 9.17) is 4.74 Å². The summed E-state index contributed by atoms with van der Waals surface area (Å²) in [6.07, 6.45) is 2.99. The topological polar surface area (TPSA) is 71.2 Å². The molecule has 2 aliphatic rings. The first-order valence-corrected chi connectivity index (χ1v) is 8.73. The van der Waals surface area contributed by atoms with E-state index in [0.29, 0.717) is 25.1 Å². The number of esters is 1. The molecule has 1 aliphatic heterocycles. The highest BCUT2D eigenvalue weighted by molar-refractivity contribution is 6.03. The number of hydrogen-bond acceptors (Lipinski definition) is 4. The summed E-state index contributed by atoms with van der Waals surface area (Å²) in [7, 11) is 1.42. The van der Waals surface area contributed by atoms with E-state index in [-0.39, 0.29) is 29.6 Å². The van der Waals surface area contributed by atoms with Crippen molar-refractivity contribution in [2.45, 2.75) is 25.8 Å². The van der Waals surface area contributed by atoms with Gasteiger partial charge in [-0.1, -0.05) is 29.8 Å². The van der Waals surface area contributed by atoms with Crippen LogP contribution in [0.15, 0.2) is 35.9 Å². The number of carbonyl (C=O) groups is 2. The first kappa shape index (κ1) is 16.1. The van der Waals surface area contributed by atoms with Gasteiger partial charge in [-0.25, -0.2) is 0 Å². The number of carbonyl (C=O) groups excluding carboxylic acids is 2. The van der Waals surface area contributed by atoms with Crippen LogP contribution in [0.4, 0.5) is 0 Å². The van der Waals surface area contributed by atoms with Crippen LogP contribution in [0.1, 0.15) is 29.4 Å². The average Bonchev–Trinajstić information content (AvgIpc) is 2.99. The second-order valence-electron chi connectivity index (χ2n) is 6.86. The summed E-state index contributed by atoms with van der Waals surface area (Å²) in [5.41, 5.74) is 3.78. The van der Waals surface area contributed by atoms with Gasteiger partial charge in [-0.3, -0.25) is 9.59 Å². The Hall–Kier alpha value is -2.40. The van der Waals surface area contributed by atoms with Crippen molar-refractivity contribution < 1.29 is 14.3 Å². The highest BCUT2D eigenvalue weighted by atomic mass is 16.5. The summed E-state index contributed by atoms with van der Waals surface area (Å²) in [4.78, 5) is 28.8. The zero-order chi connectivity index (χ0) is 17.6. The molecule has 1 aromatic carbocycles. The van der Waals surface area contributed by atoms with Crippen molar-refractivity contribution in [3.05, 3.63) is 47.2 Å². The number of ketones is 1. The zero-order valence-electron chi connectivity index (χ0n) is 14.5. The van der Waals surface area contributed by atoms with Crippen molar-refractivity contribution in [1.82, 2.24) is 10.3 Å². The fourth-order valence-electron chi connectivity index (χ4n) is 4.43. The van der Waals surface area contributed by atoms with Gasteiger partial charge in [0.1, 0.15) is 0 Å². The van der Waals surface area contributed by atoms with E-state index in [1.54, 1.807) is 0 Å². The van der Waals surface area contributed by atoms with Crippen molar-refractivity contribution in [2.24, 2.45) is 11.8 Å². The van der Waals surface area contributed by atoms with Crippen LogP contribution in [0.25, 0.3) is 10.9 Å². The number of aromatic nitrogens is 1. The molecule has 1 fully saturated rings. The molecule has 2 N–H and O–H groups in total. The third-order valence-corrected chi connectivity index (χ3v) is 5.68. The van der Waals surface area contributed by atoms with Crippen LogP contribution in [0.2, 0.25) is 0 Å². The second-order valence-corrected chi connectivity index (χ2v) is 6.86. The summed E-state index contributed by atoms with van der Waals surface area (Å²) in [5, 5.41) is 4.56. The quantitative estimate of drug-likeness (QED) is 0.619. The first-order valence-electron chi connectivity index (χ1n) is 8.73. The molecule has 2 bridgehead atoms. The number of piperidine rings is 1. The van der Waals surface area contributed by atoms with Crippen LogP contribution in [0, 0.1) is 11.8 Å². The smallest absolute Gasteiger partial charge is 0.310 e. The molecular weight excluding hydrogens is 316 g/mol. The predicted octanol–water partition coefficient (Wildman–Crippen LogP) is 2.62. The highest BCUT2D eigenvalue weighted by Gasteiger charge is 2.44. The SMILES string of the molecule is C/C=C1/CNC2Cc3c([nH]c4ccccc34)C(=O)CC1C2C(=O)OC. The lowest BCUT2D eigenvalue weighted by Crippen LogP contribution is -2.53. The van der Waals surface area contributed by atoms with Crippen molar-refractivity contribution in [3.8, 4) is 0 Å². The molecule has 0 saturated carbocycles. The first-order chi connectivity index (χ1) is 12.1. The average molecular weight is 338 g/mol. The Bertz CT molecular complexity index is 880. The lowest BCUT2D eigenvalue weighted by molar-refractivity contribution is -0.148. The number of allylic oxidation sites excluding steroid dienone is 1. The molecule has 1 aromatic heterocycles. The lowest BCUT2D eigenvalue weighted by Gasteiger charge is -2.40. The Labute approximate surface area is 146 Å². The van der Waals surface area contributed by atoms with Crippen molar-refractivity contribution in [2.75, 3.05) is 13.7 Å². The van der Waals surface area contributed by atoms with Gasteiger partial charge in [0, 0.05) is 35.8 Å². The molecule has 0 amide bonds. The van der Waals surface area contributed by atoms with Crippen LogP contribution in [0.5, 0.6) is 0 Å². The maximum absolute atomic E-state index is 13.0. The standard InChI is InChI=1S/C20H22N2O3/c1-3-11-10-21-16-8-14-12-6-4-5-7-15(12)22-19(14)17(23)9-13(11)18(16)20(24)25-2/h3-7,13,16,18,21-22H,8-10H2,1-2H3/b11-3-. The van der Waals surface area contributed by atoms with Gasteiger partial charge in [0.05, 0.1) is 18.7 Å². The monoisotopic (exact) mass is 338 g/mol. The number of rotatable bonds is 1. The van der Waals surface area contributed by atoms with Gasteiger partial charge in [0.25, 0.3) is 0 Å². The Morgan fingerprint density at radius 1 is 1.28 bits per heavy atom. The number of nitrogens with one attached hydrogen (secondary N) is 2. The number of aromatic amines is 1. The number of H-pyrrole nitrogens is 1. The zero-order valence-corrected chi connectivity index (χ0v) is 14.5. The van der Waals surface area contributed by atoms with Gasteiger partial charge in [-0.15, -0.1) is 0 Å². The normalized spacial score (nSPS) is 27.7. The van der Waals surface area contributed by atoms with Gasteiger partial charge < -0.3 is 15.0 Å². The van der Waals surface area contributed by atoms with Gasteiger partial charge in [-0.2, -0.15) is 0 Å². The van der Waals surface area contributed by atoms with Crippen LogP contribution in [-0.2, 0) is 16.0 Å². The molecule has 1 saturated heterocycles. The van der Waals surface area contributed by atoms with Gasteiger partial charge in [0.2, 0.25) is 0 Å². The van der Waals surface area contributed by atoms with E-state index in [0.717, 1.165) is 22.0 Å². The Morgan fingerprint density at radius 2 is 2.08 bits per heavy atom. The molecule has 25 heavy (non-hydrogen) atoms. The molecule has 4 rings (SSSR count). The number of methoxy groups -OCH3 is 1. The summed E-state index contributed by atoms with van der Waals surface area (Å²) >= 11 is 0. The van der Waals surface area contributed by atoms with Gasteiger partial charge in [0.15, 0.2) is 5.78 Å². The predicted molar refractivity (Wildman–Crippen MR) is 95.5 cm³/mol. The largest absolute Gasteiger partial charge is 0.469 e. The van der Waals surface area contributed by atoms with Crippen LogP contribution in [0.3, 0.4) is 0 Å². The number of Topliss-reactive ketones (excluding diaryl/α,β-unsaturated/α-hetero) is 1. The third kappa shape index (κ3) is 2.50. The summed E-state index contributed by atoms with van der Waals surface area (Å²) < 4.78 is 5.08. The van der Waals surface area contributed by atoms with Gasteiger partial charge in [-0.05, 0) is 25.0 Å². The number of benzene rings is 1.